The van der Waals surface area contributed by atoms with Gasteiger partial charge < -0.3 is 5.32 Å². The second-order valence-electron chi connectivity index (χ2n) is 3.35. The Kier molecular flexibility index (Phi) is 2.79. The molecule has 2 aromatic rings. The number of rotatable bonds is 2. The molecule has 2 aromatic heterocycles. The van der Waals surface area contributed by atoms with Gasteiger partial charge in [-0.1, -0.05) is 0 Å². The number of aryl methyl sites for hydroxylation is 1. The highest BCUT2D eigenvalue weighted by Crippen LogP contribution is 2.14. The zero-order valence-electron chi connectivity index (χ0n) is 8.81. The largest absolute Gasteiger partial charge is 0.339 e. The molecule has 0 saturated heterocycles. The summed E-state index contributed by atoms with van der Waals surface area (Å²) in [7, 11) is 0. The second kappa shape index (κ2) is 4.41. The first-order valence-electron chi connectivity index (χ1n) is 4.84. The van der Waals surface area contributed by atoms with Gasteiger partial charge in [0.05, 0.1) is 23.5 Å². The van der Waals surface area contributed by atoms with E-state index in [0.717, 1.165) is 11.4 Å². The third kappa shape index (κ3) is 2.34. The van der Waals surface area contributed by atoms with Crippen molar-refractivity contribution >= 4 is 11.5 Å². The Bertz CT molecular complexity index is 525. The topological polar surface area (TPSA) is 61.6 Å². The van der Waals surface area contributed by atoms with E-state index in [1.807, 2.05) is 19.1 Å². The van der Waals surface area contributed by atoms with Gasteiger partial charge in [-0.2, -0.15) is 5.26 Å². The first-order chi connectivity index (χ1) is 7.78. The molecule has 0 amide bonds. The molecule has 0 fully saturated rings. The fourth-order valence-corrected chi connectivity index (χ4v) is 1.26. The minimum atomic E-state index is 0.581. The van der Waals surface area contributed by atoms with Crippen molar-refractivity contribution in [2.45, 2.75) is 6.92 Å². The molecule has 0 aliphatic rings. The number of nitriles is 1. The Morgan fingerprint density at radius 1 is 1.25 bits per heavy atom. The van der Waals surface area contributed by atoms with Gasteiger partial charge in [0, 0.05) is 11.9 Å². The molecule has 2 rings (SSSR count). The summed E-state index contributed by atoms with van der Waals surface area (Å²) in [5.41, 5.74) is 2.40. The summed E-state index contributed by atoms with van der Waals surface area (Å²) in [6.45, 7) is 1.93. The van der Waals surface area contributed by atoms with Crippen LogP contribution in [-0.2, 0) is 0 Å². The van der Waals surface area contributed by atoms with Crippen LogP contribution in [0.3, 0.4) is 0 Å². The predicted octanol–water partition coefficient (Wildman–Crippen LogP) is 2.40. The molecule has 16 heavy (non-hydrogen) atoms. The smallest absolute Gasteiger partial charge is 0.131 e. The molecule has 0 aliphatic heterocycles. The summed E-state index contributed by atoms with van der Waals surface area (Å²) < 4.78 is 0. The summed E-state index contributed by atoms with van der Waals surface area (Å²) in [4.78, 5) is 8.28. The quantitative estimate of drug-likeness (QED) is 0.826. The molecule has 0 radical (unpaired) electrons. The molecule has 78 valence electrons. The number of nitrogens with zero attached hydrogens (tertiary/aromatic N) is 3. The van der Waals surface area contributed by atoms with Gasteiger partial charge in [0.2, 0.25) is 0 Å². The Morgan fingerprint density at radius 2 is 2.12 bits per heavy atom. The van der Waals surface area contributed by atoms with E-state index in [-0.39, 0.29) is 0 Å². The Morgan fingerprint density at radius 3 is 2.81 bits per heavy atom. The zero-order chi connectivity index (χ0) is 11.4. The number of anilines is 2. The van der Waals surface area contributed by atoms with Crippen molar-refractivity contribution in [2.24, 2.45) is 0 Å². The third-order valence-corrected chi connectivity index (χ3v) is 2.07. The maximum atomic E-state index is 8.75. The molecule has 0 bridgehead atoms. The third-order valence-electron chi connectivity index (χ3n) is 2.07. The van der Waals surface area contributed by atoms with Gasteiger partial charge in [0.15, 0.2) is 0 Å². The van der Waals surface area contributed by atoms with Crippen molar-refractivity contribution < 1.29 is 0 Å². The van der Waals surface area contributed by atoms with E-state index >= 15 is 0 Å². The van der Waals surface area contributed by atoms with E-state index in [1.54, 1.807) is 24.5 Å². The highest BCUT2D eigenvalue weighted by molar-refractivity contribution is 5.56. The van der Waals surface area contributed by atoms with Crippen molar-refractivity contribution in [3.05, 3.63) is 47.9 Å². The van der Waals surface area contributed by atoms with Crippen LogP contribution in [0.5, 0.6) is 0 Å². The van der Waals surface area contributed by atoms with Crippen LogP contribution in [0.25, 0.3) is 0 Å². The molecule has 2 heterocycles. The number of aromatic nitrogens is 2. The Hall–Kier alpha value is -2.41. The number of pyridine rings is 2. The van der Waals surface area contributed by atoms with Crippen LogP contribution < -0.4 is 5.32 Å². The zero-order valence-corrected chi connectivity index (χ0v) is 8.81. The van der Waals surface area contributed by atoms with Gasteiger partial charge in [-0.3, -0.25) is 4.98 Å². The highest BCUT2D eigenvalue weighted by Gasteiger charge is 1.97. The highest BCUT2D eigenvalue weighted by atomic mass is 15.0. The van der Waals surface area contributed by atoms with E-state index in [2.05, 4.69) is 21.4 Å². The lowest BCUT2D eigenvalue weighted by molar-refractivity contribution is 1.19. The molecule has 0 aliphatic carbocycles. The fourth-order valence-electron chi connectivity index (χ4n) is 1.26. The molecule has 4 heteroatoms. The summed E-state index contributed by atoms with van der Waals surface area (Å²) >= 11 is 0. The van der Waals surface area contributed by atoms with Crippen LogP contribution in [0.4, 0.5) is 11.5 Å². The Balaban J connectivity index is 2.21. The molecular weight excluding hydrogens is 200 g/mol. The van der Waals surface area contributed by atoms with Gasteiger partial charge in [0.25, 0.3) is 0 Å². The minimum Gasteiger partial charge on any atom is -0.339 e. The van der Waals surface area contributed by atoms with Crippen molar-refractivity contribution in [2.75, 3.05) is 5.32 Å². The van der Waals surface area contributed by atoms with E-state index < -0.39 is 0 Å². The fraction of sp³-hybridized carbons (Fsp3) is 0.0833. The summed E-state index contributed by atoms with van der Waals surface area (Å²) in [6, 6.07) is 9.26. The van der Waals surface area contributed by atoms with Crippen LogP contribution >= 0.6 is 0 Å². The van der Waals surface area contributed by atoms with Crippen LogP contribution in [0.1, 0.15) is 11.3 Å². The van der Waals surface area contributed by atoms with Gasteiger partial charge in [-0.25, -0.2) is 4.98 Å². The molecule has 4 nitrogen and oxygen atoms in total. The molecule has 0 unspecified atom stereocenters. The maximum Gasteiger partial charge on any atom is 0.131 e. The maximum absolute atomic E-state index is 8.75. The number of hydrogen-bond donors (Lipinski definition) is 1. The van der Waals surface area contributed by atoms with E-state index in [9.17, 15) is 0 Å². The van der Waals surface area contributed by atoms with Crippen LogP contribution in [-0.4, -0.2) is 9.97 Å². The van der Waals surface area contributed by atoms with Crippen LogP contribution in [0.2, 0.25) is 0 Å². The average Bonchev–Trinajstić information content (AvgIpc) is 2.32. The Labute approximate surface area is 93.6 Å². The lowest BCUT2D eigenvalue weighted by atomic mass is 10.3. The standard InChI is InChI=1S/C12H10N4/c1-9-2-3-11(8-15-9)16-12-6-10(7-13)4-5-14-12/h2-6,8H,1H3,(H,14,16). The first-order valence-corrected chi connectivity index (χ1v) is 4.84. The molecule has 0 aromatic carbocycles. The van der Waals surface area contributed by atoms with Crippen molar-refractivity contribution in [3.63, 3.8) is 0 Å². The average molecular weight is 210 g/mol. The van der Waals surface area contributed by atoms with E-state index in [0.29, 0.717) is 11.4 Å². The van der Waals surface area contributed by atoms with Crippen LogP contribution in [0, 0.1) is 18.3 Å². The molecule has 0 spiro atoms. The van der Waals surface area contributed by atoms with Crippen molar-refractivity contribution in [1.29, 1.82) is 5.26 Å². The number of hydrogen-bond acceptors (Lipinski definition) is 4. The van der Waals surface area contributed by atoms with Crippen LogP contribution in [0.15, 0.2) is 36.7 Å². The normalized spacial score (nSPS) is 9.50. The van der Waals surface area contributed by atoms with Gasteiger partial charge in [0.1, 0.15) is 5.82 Å². The summed E-state index contributed by atoms with van der Waals surface area (Å²) in [5, 5.41) is 11.8. The first kappa shape index (κ1) is 10.1. The molecule has 1 N–H and O–H groups in total. The lowest BCUT2D eigenvalue weighted by Crippen LogP contribution is -1.94. The van der Waals surface area contributed by atoms with Gasteiger partial charge in [-0.05, 0) is 31.2 Å². The van der Waals surface area contributed by atoms with E-state index in [1.165, 1.54) is 0 Å². The minimum absolute atomic E-state index is 0.581. The van der Waals surface area contributed by atoms with Gasteiger partial charge >= 0.3 is 0 Å². The molecule has 0 atom stereocenters. The van der Waals surface area contributed by atoms with E-state index in [4.69, 9.17) is 5.26 Å². The monoisotopic (exact) mass is 210 g/mol. The van der Waals surface area contributed by atoms with Gasteiger partial charge in [-0.15, -0.1) is 0 Å². The summed E-state index contributed by atoms with van der Waals surface area (Å²) in [6.07, 6.45) is 3.33. The summed E-state index contributed by atoms with van der Waals surface area (Å²) in [5.74, 6) is 0.643. The molecular formula is C12H10N4. The lowest BCUT2D eigenvalue weighted by Gasteiger charge is -2.04. The number of nitrogens with one attached hydrogen (secondary N) is 1. The molecule has 0 saturated carbocycles. The van der Waals surface area contributed by atoms with Crippen molar-refractivity contribution in [3.8, 4) is 6.07 Å². The second-order valence-corrected chi connectivity index (χ2v) is 3.35. The van der Waals surface area contributed by atoms with Crippen molar-refractivity contribution in [1.82, 2.24) is 9.97 Å². The SMILES string of the molecule is Cc1ccc(Nc2cc(C#N)ccn2)cn1. The predicted molar refractivity (Wildman–Crippen MR) is 61.2 cm³/mol.